The van der Waals surface area contributed by atoms with Gasteiger partial charge in [-0.25, -0.2) is 0 Å². The number of piperidine rings is 1. The Labute approximate surface area is 142 Å². The van der Waals surface area contributed by atoms with Crippen LogP contribution >= 0.6 is 12.2 Å². The normalized spacial score (nSPS) is 20.7. The SMILES string of the molecule is C[C@H]1CCCC[NH+]1CCCNC(=S)Nc1ccc([N+](=O)[O-])cc1. The first-order valence-corrected chi connectivity index (χ1v) is 8.61. The van der Waals surface area contributed by atoms with Gasteiger partial charge in [0.2, 0.25) is 0 Å². The molecule has 126 valence electrons. The van der Waals surface area contributed by atoms with E-state index in [9.17, 15) is 10.1 Å². The number of hydrogen-bond donors (Lipinski definition) is 3. The summed E-state index contributed by atoms with van der Waals surface area (Å²) in [6.07, 6.45) is 5.13. The lowest BCUT2D eigenvalue weighted by Crippen LogP contribution is -3.16. The number of nitro benzene ring substituents is 1. The maximum Gasteiger partial charge on any atom is 0.269 e. The van der Waals surface area contributed by atoms with Gasteiger partial charge in [0.05, 0.1) is 24.1 Å². The fourth-order valence-electron chi connectivity index (χ4n) is 2.98. The molecular formula is C16H25N4O2S+. The monoisotopic (exact) mass is 337 g/mol. The molecule has 2 atom stereocenters. The zero-order chi connectivity index (χ0) is 16.7. The van der Waals surface area contributed by atoms with E-state index in [-0.39, 0.29) is 5.69 Å². The summed E-state index contributed by atoms with van der Waals surface area (Å²) in [6.45, 7) is 5.64. The summed E-state index contributed by atoms with van der Waals surface area (Å²) in [5, 5.41) is 17.4. The highest BCUT2D eigenvalue weighted by molar-refractivity contribution is 7.80. The first-order valence-electron chi connectivity index (χ1n) is 8.20. The zero-order valence-corrected chi connectivity index (χ0v) is 14.3. The summed E-state index contributed by atoms with van der Waals surface area (Å²) >= 11 is 5.25. The van der Waals surface area contributed by atoms with Crippen molar-refractivity contribution in [2.45, 2.75) is 38.6 Å². The minimum Gasteiger partial charge on any atom is -0.362 e. The topological polar surface area (TPSA) is 71.6 Å². The summed E-state index contributed by atoms with van der Waals surface area (Å²) in [7, 11) is 0. The smallest absolute Gasteiger partial charge is 0.269 e. The number of hydrogen-bond acceptors (Lipinski definition) is 3. The van der Waals surface area contributed by atoms with Crippen LogP contribution in [0.1, 0.15) is 32.6 Å². The second kappa shape index (κ2) is 8.79. The third-order valence-corrected chi connectivity index (χ3v) is 4.62. The number of benzene rings is 1. The van der Waals surface area contributed by atoms with Gasteiger partial charge in [0, 0.05) is 30.8 Å². The summed E-state index contributed by atoms with van der Waals surface area (Å²) in [6, 6.07) is 7.02. The van der Waals surface area contributed by atoms with Crippen LogP contribution in [0.5, 0.6) is 0 Å². The maximum absolute atomic E-state index is 10.6. The van der Waals surface area contributed by atoms with E-state index < -0.39 is 4.92 Å². The molecule has 0 radical (unpaired) electrons. The van der Waals surface area contributed by atoms with E-state index in [2.05, 4.69) is 17.6 Å². The number of quaternary nitrogens is 1. The molecule has 1 fully saturated rings. The van der Waals surface area contributed by atoms with E-state index in [1.807, 2.05) is 0 Å². The number of rotatable bonds is 6. The van der Waals surface area contributed by atoms with Crippen LogP contribution < -0.4 is 15.5 Å². The van der Waals surface area contributed by atoms with E-state index in [4.69, 9.17) is 12.2 Å². The Morgan fingerprint density at radius 1 is 1.39 bits per heavy atom. The third-order valence-electron chi connectivity index (χ3n) is 4.38. The Morgan fingerprint density at radius 3 is 2.78 bits per heavy atom. The molecule has 3 N–H and O–H groups in total. The number of anilines is 1. The quantitative estimate of drug-likeness (QED) is 0.319. The fraction of sp³-hybridized carbons (Fsp3) is 0.562. The Hall–Kier alpha value is -1.73. The summed E-state index contributed by atoms with van der Waals surface area (Å²) in [4.78, 5) is 11.9. The molecule has 0 amide bonds. The number of nitro groups is 1. The van der Waals surface area contributed by atoms with E-state index in [0.29, 0.717) is 5.11 Å². The molecular weight excluding hydrogens is 312 g/mol. The van der Waals surface area contributed by atoms with Crippen molar-refractivity contribution in [2.75, 3.05) is 25.0 Å². The summed E-state index contributed by atoms with van der Waals surface area (Å²) in [5.41, 5.74) is 0.830. The second-order valence-corrected chi connectivity index (χ2v) is 6.50. The van der Waals surface area contributed by atoms with E-state index in [1.54, 1.807) is 17.0 Å². The maximum atomic E-state index is 10.6. The predicted octanol–water partition coefficient (Wildman–Crippen LogP) is 1.73. The fourth-order valence-corrected chi connectivity index (χ4v) is 3.20. The van der Waals surface area contributed by atoms with Crippen molar-refractivity contribution in [1.82, 2.24) is 5.32 Å². The van der Waals surface area contributed by atoms with E-state index >= 15 is 0 Å². The molecule has 1 saturated heterocycles. The summed E-state index contributed by atoms with van der Waals surface area (Å²) < 4.78 is 0. The molecule has 1 aliphatic rings. The van der Waals surface area contributed by atoms with E-state index in [1.165, 1.54) is 44.5 Å². The molecule has 0 aliphatic carbocycles. The van der Waals surface area contributed by atoms with Crippen LogP contribution in [-0.4, -0.2) is 35.7 Å². The van der Waals surface area contributed by atoms with Gasteiger partial charge in [0.15, 0.2) is 5.11 Å². The molecule has 1 aliphatic heterocycles. The molecule has 0 bridgehead atoms. The Kier molecular flexibility index (Phi) is 6.73. The highest BCUT2D eigenvalue weighted by atomic mass is 32.1. The first-order chi connectivity index (χ1) is 11.1. The first kappa shape index (κ1) is 17.6. The van der Waals surface area contributed by atoms with Gasteiger partial charge in [-0.3, -0.25) is 10.1 Å². The van der Waals surface area contributed by atoms with Crippen LogP contribution in [0, 0.1) is 10.1 Å². The number of non-ortho nitro benzene ring substituents is 1. The van der Waals surface area contributed by atoms with Crippen molar-refractivity contribution >= 4 is 28.7 Å². The number of nitrogens with zero attached hydrogens (tertiary/aromatic N) is 1. The molecule has 1 heterocycles. The number of likely N-dealkylation sites (tertiary alicyclic amines) is 1. The third kappa shape index (κ3) is 5.76. The molecule has 6 nitrogen and oxygen atoms in total. The molecule has 0 aromatic heterocycles. The van der Waals surface area contributed by atoms with Crippen molar-refractivity contribution in [3.05, 3.63) is 34.4 Å². The molecule has 1 aromatic carbocycles. The minimum atomic E-state index is -0.412. The van der Waals surface area contributed by atoms with Gasteiger partial charge in [0.1, 0.15) is 0 Å². The van der Waals surface area contributed by atoms with Crippen LogP contribution in [0.4, 0.5) is 11.4 Å². The Balaban J connectivity index is 1.65. The van der Waals surface area contributed by atoms with E-state index in [0.717, 1.165) is 24.7 Å². The van der Waals surface area contributed by atoms with Gasteiger partial charge in [-0.1, -0.05) is 0 Å². The molecule has 1 unspecified atom stereocenters. The molecule has 2 rings (SSSR count). The van der Waals surface area contributed by atoms with Crippen LogP contribution in [-0.2, 0) is 0 Å². The van der Waals surface area contributed by atoms with Crippen LogP contribution in [0.3, 0.4) is 0 Å². The highest BCUT2D eigenvalue weighted by Crippen LogP contribution is 2.15. The van der Waals surface area contributed by atoms with Gasteiger partial charge in [0.25, 0.3) is 5.69 Å². The molecule has 7 heteroatoms. The van der Waals surface area contributed by atoms with Gasteiger partial charge in [-0.2, -0.15) is 0 Å². The molecule has 0 spiro atoms. The lowest BCUT2D eigenvalue weighted by molar-refractivity contribution is -0.928. The number of thiocarbonyl (C=S) groups is 1. The summed E-state index contributed by atoms with van der Waals surface area (Å²) in [5.74, 6) is 0. The van der Waals surface area contributed by atoms with Crippen LogP contribution in [0.25, 0.3) is 0 Å². The predicted molar refractivity (Wildman–Crippen MR) is 95.9 cm³/mol. The van der Waals surface area contributed by atoms with Crippen molar-refractivity contribution in [2.24, 2.45) is 0 Å². The van der Waals surface area contributed by atoms with Gasteiger partial charge in [-0.15, -0.1) is 0 Å². The van der Waals surface area contributed by atoms with Crippen molar-refractivity contribution in [3.63, 3.8) is 0 Å². The minimum absolute atomic E-state index is 0.0769. The Morgan fingerprint density at radius 2 is 2.13 bits per heavy atom. The van der Waals surface area contributed by atoms with Crippen molar-refractivity contribution < 1.29 is 9.82 Å². The average molecular weight is 337 g/mol. The van der Waals surface area contributed by atoms with Crippen LogP contribution in [0.2, 0.25) is 0 Å². The molecule has 1 aromatic rings. The van der Waals surface area contributed by atoms with Gasteiger partial charge < -0.3 is 15.5 Å². The number of nitrogens with one attached hydrogen (secondary N) is 3. The average Bonchev–Trinajstić information content (AvgIpc) is 2.53. The van der Waals surface area contributed by atoms with Crippen LogP contribution in [0.15, 0.2) is 24.3 Å². The standard InChI is InChI=1S/C16H24N4O2S/c1-13-5-2-3-11-19(13)12-4-10-17-16(23)18-14-6-8-15(9-7-14)20(21)22/h6-9,13H,2-5,10-12H2,1H3,(H2,17,18,23)/p+1/t13-/m0/s1. The van der Waals surface area contributed by atoms with Gasteiger partial charge >= 0.3 is 0 Å². The van der Waals surface area contributed by atoms with Crippen molar-refractivity contribution in [1.29, 1.82) is 0 Å². The lowest BCUT2D eigenvalue weighted by Gasteiger charge is -2.30. The Bertz CT molecular complexity index is 535. The molecule has 0 saturated carbocycles. The van der Waals surface area contributed by atoms with Crippen molar-refractivity contribution in [3.8, 4) is 0 Å². The highest BCUT2D eigenvalue weighted by Gasteiger charge is 2.20. The second-order valence-electron chi connectivity index (χ2n) is 6.09. The zero-order valence-electron chi connectivity index (χ0n) is 13.5. The van der Waals surface area contributed by atoms with Gasteiger partial charge in [-0.05, 0) is 50.5 Å². The molecule has 23 heavy (non-hydrogen) atoms. The lowest BCUT2D eigenvalue weighted by atomic mass is 10.0. The largest absolute Gasteiger partial charge is 0.362 e.